The van der Waals surface area contributed by atoms with Crippen molar-refractivity contribution >= 4 is 12.0 Å². The Morgan fingerprint density at radius 3 is 2.91 bits per heavy atom. The molecule has 1 aromatic heterocycles. The number of carbonyl (C=O) groups is 2. The van der Waals surface area contributed by atoms with E-state index in [-0.39, 0.29) is 23.1 Å². The first-order valence-corrected chi connectivity index (χ1v) is 13.0. The lowest BCUT2D eigenvalue weighted by Crippen LogP contribution is -2.53. The Hall–Kier alpha value is -2.19. The Morgan fingerprint density at radius 1 is 1.24 bits per heavy atom. The van der Waals surface area contributed by atoms with E-state index >= 15 is 0 Å². The second-order valence-corrected chi connectivity index (χ2v) is 10.9. The van der Waals surface area contributed by atoms with Crippen LogP contribution in [-0.2, 0) is 9.47 Å². The van der Waals surface area contributed by atoms with Gasteiger partial charge in [-0.2, -0.15) is 0 Å². The van der Waals surface area contributed by atoms with E-state index in [1.54, 1.807) is 6.07 Å². The van der Waals surface area contributed by atoms with Gasteiger partial charge in [-0.05, 0) is 69.4 Å². The molecular weight excluding hydrogens is 432 g/mol. The van der Waals surface area contributed by atoms with Crippen LogP contribution in [0.5, 0.6) is 0 Å². The molecule has 0 aromatic carbocycles. The molecule has 4 fully saturated rings. The number of fused-ring (bicyclic) bond motifs is 2. The first kappa shape index (κ1) is 23.5. The largest absolute Gasteiger partial charge is 0.450 e. The minimum atomic E-state index is -0.310. The molecule has 3 saturated carbocycles. The molecule has 4 aliphatic rings. The summed E-state index contributed by atoms with van der Waals surface area (Å²) in [5.41, 5.74) is 0.736. The molecule has 34 heavy (non-hydrogen) atoms. The van der Waals surface area contributed by atoms with Crippen molar-refractivity contribution < 1.29 is 19.1 Å². The number of amides is 2. The minimum absolute atomic E-state index is 0.106. The van der Waals surface area contributed by atoms with Gasteiger partial charge in [-0.15, -0.1) is 0 Å². The number of nitrogens with one attached hydrogen (secondary N) is 2. The zero-order valence-corrected chi connectivity index (χ0v) is 20.3. The number of aromatic nitrogens is 1. The Kier molecular flexibility index (Phi) is 6.80. The van der Waals surface area contributed by atoms with E-state index in [9.17, 15) is 9.59 Å². The first-order valence-electron chi connectivity index (χ1n) is 13.0. The smallest absolute Gasteiger partial charge is 0.407 e. The van der Waals surface area contributed by atoms with Crippen LogP contribution in [0.3, 0.4) is 0 Å². The molecule has 1 aromatic rings. The number of rotatable bonds is 7. The fourth-order valence-electron chi connectivity index (χ4n) is 7.06. The third kappa shape index (κ3) is 5.08. The molecular formula is C26H38N4O4. The number of nitrogens with zero attached hydrogens (tertiary/aromatic N) is 2. The van der Waals surface area contributed by atoms with Gasteiger partial charge in [-0.3, -0.25) is 9.69 Å². The minimum Gasteiger partial charge on any atom is -0.450 e. The molecule has 1 aliphatic heterocycles. The zero-order valence-electron chi connectivity index (χ0n) is 20.3. The number of ether oxygens (including phenoxy) is 2. The third-order valence-corrected chi connectivity index (χ3v) is 8.41. The molecule has 3 bridgehead atoms. The summed E-state index contributed by atoms with van der Waals surface area (Å²) in [7, 11) is 0. The van der Waals surface area contributed by atoms with E-state index in [2.05, 4.69) is 20.5 Å². The normalized spacial score (nSPS) is 32.7. The van der Waals surface area contributed by atoms with Gasteiger partial charge in [0.15, 0.2) is 0 Å². The van der Waals surface area contributed by atoms with Gasteiger partial charge in [0.05, 0.1) is 19.8 Å². The highest BCUT2D eigenvalue weighted by molar-refractivity contribution is 5.93. The maximum absolute atomic E-state index is 13.1. The summed E-state index contributed by atoms with van der Waals surface area (Å²) >= 11 is 0. The van der Waals surface area contributed by atoms with E-state index in [0.717, 1.165) is 89.9 Å². The van der Waals surface area contributed by atoms with E-state index in [1.807, 2.05) is 19.1 Å². The highest BCUT2D eigenvalue weighted by Gasteiger charge is 2.60. The van der Waals surface area contributed by atoms with E-state index in [1.165, 1.54) is 0 Å². The molecule has 5 rings (SSSR count). The number of hydrogen-bond acceptors (Lipinski definition) is 6. The topological polar surface area (TPSA) is 92.8 Å². The van der Waals surface area contributed by atoms with Gasteiger partial charge in [-0.25, -0.2) is 9.78 Å². The predicted molar refractivity (Wildman–Crippen MR) is 128 cm³/mol. The molecule has 8 nitrogen and oxygen atoms in total. The van der Waals surface area contributed by atoms with Crippen LogP contribution in [0.4, 0.5) is 4.79 Å². The summed E-state index contributed by atoms with van der Waals surface area (Å²) < 4.78 is 11.0. The third-order valence-electron chi connectivity index (χ3n) is 8.41. The average molecular weight is 471 g/mol. The molecule has 2 amide bonds. The summed E-state index contributed by atoms with van der Waals surface area (Å²) in [4.78, 5) is 32.7. The summed E-state index contributed by atoms with van der Waals surface area (Å²) in [6.45, 7) is 6.71. The van der Waals surface area contributed by atoms with Crippen LogP contribution < -0.4 is 10.6 Å². The van der Waals surface area contributed by atoms with Crippen LogP contribution in [0.15, 0.2) is 18.2 Å². The van der Waals surface area contributed by atoms with Gasteiger partial charge in [0.2, 0.25) is 0 Å². The van der Waals surface area contributed by atoms with E-state index in [4.69, 9.17) is 9.47 Å². The Bertz CT molecular complexity index is 905. The molecule has 186 valence electrons. The Labute approximate surface area is 202 Å². The molecule has 1 saturated heterocycles. The van der Waals surface area contributed by atoms with Crippen molar-refractivity contribution in [2.24, 2.45) is 11.8 Å². The molecule has 0 radical (unpaired) electrons. The van der Waals surface area contributed by atoms with E-state index < -0.39 is 0 Å². The fraction of sp³-hybridized carbons (Fsp3) is 0.731. The van der Waals surface area contributed by atoms with Gasteiger partial charge in [0.1, 0.15) is 5.69 Å². The highest BCUT2D eigenvalue weighted by atomic mass is 16.5. The van der Waals surface area contributed by atoms with Gasteiger partial charge in [-0.1, -0.05) is 18.9 Å². The van der Waals surface area contributed by atoms with Gasteiger partial charge < -0.3 is 20.1 Å². The van der Waals surface area contributed by atoms with Gasteiger partial charge >= 0.3 is 6.09 Å². The number of pyridine rings is 1. The van der Waals surface area contributed by atoms with Crippen molar-refractivity contribution in [3.63, 3.8) is 0 Å². The SMILES string of the molecule is Cc1cccc(C(=O)NC23CC4CCCC(NC(=O)OCCCN5CCOCC5)(C2)C(C4)C3)n1. The van der Waals surface area contributed by atoms with Crippen LogP contribution in [0.1, 0.15) is 67.5 Å². The van der Waals surface area contributed by atoms with Crippen LogP contribution in [-0.4, -0.2) is 72.4 Å². The molecule has 4 atom stereocenters. The number of alkyl carbamates (subject to hydrolysis) is 1. The number of carbonyl (C=O) groups excluding carboxylic acids is 2. The summed E-state index contributed by atoms with van der Waals surface area (Å²) in [5.74, 6) is 0.866. The van der Waals surface area contributed by atoms with Crippen molar-refractivity contribution in [2.45, 2.75) is 69.4 Å². The Morgan fingerprint density at radius 2 is 2.09 bits per heavy atom. The highest BCUT2D eigenvalue weighted by Crippen LogP contribution is 2.57. The van der Waals surface area contributed by atoms with Crippen molar-refractivity contribution in [2.75, 3.05) is 39.5 Å². The molecule has 8 heteroatoms. The number of aryl methyl sites for hydroxylation is 1. The molecule has 2 heterocycles. The fourth-order valence-corrected chi connectivity index (χ4v) is 7.06. The van der Waals surface area contributed by atoms with Crippen LogP contribution in [0.25, 0.3) is 0 Å². The van der Waals surface area contributed by atoms with Crippen molar-refractivity contribution in [3.05, 3.63) is 29.6 Å². The number of hydrogen-bond donors (Lipinski definition) is 2. The summed E-state index contributed by atoms with van der Waals surface area (Å²) in [5, 5.41) is 6.69. The quantitative estimate of drug-likeness (QED) is 0.595. The molecule has 3 aliphatic carbocycles. The second kappa shape index (κ2) is 9.82. The maximum Gasteiger partial charge on any atom is 0.407 e. The van der Waals surface area contributed by atoms with Crippen LogP contribution in [0.2, 0.25) is 0 Å². The standard InChI is InChI=1S/C26H38N4O4/c1-19-5-2-7-22(27-19)23(31)28-25-16-20-6-3-8-26(18-25,21(15-20)17-25)29-24(32)34-12-4-9-30-10-13-33-14-11-30/h2,5,7,20-21H,3-4,6,8-18H2,1H3,(H,28,31)(H,29,32). The van der Waals surface area contributed by atoms with Crippen LogP contribution >= 0.6 is 0 Å². The monoisotopic (exact) mass is 470 g/mol. The summed E-state index contributed by atoms with van der Waals surface area (Å²) in [6, 6.07) is 5.55. The average Bonchev–Trinajstić information content (AvgIpc) is 2.94. The van der Waals surface area contributed by atoms with Crippen molar-refractivity contribution in [1.82, 2.24) is 20.5 Å². The van der Waals surface area contributed by atoms with Gasteiger partial charge in [0, 0.05) is 36.4 Å². The van der Waals surface area contributed by atoms with Crippen molar-refractivity contribution in [3.8, 4) is 0 Å². The first-order chi connectivity index (χ1) is 16.5. The molecule has 2 N–H and O–H groups in total. The van der Waals surface area contributed by atoms with Crippen molar-refractivity contribution in [1.29, 1.82) is 0 Å². The van der Waals surface area contributed by atoms with E-state index in [0.29, 0.717) is 24.1 Å². The molecule has 0 spiro atoms. The zero-order chi connectivity index (χ0) is 23.6. The second-order valence-electron chi connectivity index (χ2n) is 10.9. The predicted octanol–water partition coefficient (Wildman–Crippen LogP) is 3.05. The number of morpholine rings is 1. The maximum atomic E-state index is 13.1. The lowest BCUT2D eigenvalue weighted by molar-refractivity contribution is 0.0341. The molecule has 4 unspecified atom stereocenters. The summed E-state index contributed by atoms with van der Waals surface area (Å²) in [6.07, 6.45) is 7.55. The lowest BCUT2D eigenvalue weighted by atomic mass is 9.75. The Balaban J connectivity index is 1.20. The lowest BCUT2D eigenvalue weighted by Gasteiger charge is -2.38. The van der Waals surface area contributed by atoms with Crippen LogP contribution in [0, 0.1) is 18.8 Å². The van der Waals surface area contributed by atoms with Gasteiger partial charge in [0.25, 0.3) is 5.91 Å².